The highest BCUT2D eigenvalue weighted by Crippen LogP contribution is 2.15. The third-order valence-electron chi connectivity index (χ3n) is 3.90. The number of nitrogens with two attached hydrogens (primary N) is 1. The van der Waals surface area contributed by atoms with Crippen molar-refractivity contribution in [3.05, 3.63) is 0 Å². The molecule has 17 heavy (non-hydrogen) atoms. The van der Waals surface area contributed by atoms with E-state index in [0.29, 0.717) is 24.6 Å². The highest BCUT2D eigenvalue weighted by Gasteiger charge is 2.24. The lowest BCUT2D eigenvalue weighted by molar-refractivity contribution is -0.650. The van der Waals surface area contributed by atoms with Gasteiger partial charge in [0.15, 0.2) is 6.54 Å². The molecule has 4 nitrogen and oxygen atoms in total. The molecule has 2 N–H and O–H groups in total. The maximum absolute atomic E-state index is 12.0. The fourth-order valence-corrected chi connectivity index (χ4v) is 2.81. The smallest absolute Gasteiger partial charge is 0.277 e. The Bertz CT molecular complexity index is 252. The Kier molecular flexibility index (Phi) is 4.80. The van der Waals surface area contributed by atoms with Crippen molar-refractivity contribution in [1.82, 2.24) is 4.90 Å². The fourth-order valence-electron chi connectivity index (χ4n) is 2.81. The molecule has 0 unspecified atom stereocenters. The van der Waals surface area contributed by atoms with Crippen molar-refractivity contribution >= 4 is 5.91 Å². The first kappa shape index (κ1) is 12.8. The lowest BCUT2D eigenvalue weighted by atomic mass is 10.0. The summed E-state index contributed by atoms with van der Waals surface area (Å²) in [7, 11) is 0. The molecule has 0 aliphatic carbocycles. The van der Waals surface area contributed by atoms with Gasteiger partial charge < -0.3 is 15.0 Å². The third kappa shape index (κ3) is 3.68. The lowest BCUT2D eigenvalue weighted by Crippen LogP contribution is -2.88. The van der Waals surface area contributed by atoms with E-state index < -0.39 is 0 Å². The lowest BCUT2D eigenvalue weighted by Gasteiger charge is -2.32. The highest BCUT2D eigenvalue weighted by molar-refractivity contribution is 5.77. The van der Waals surface area contributed by atoms with E-state index in [2.05, 4.69) is 17.1 Å². The molecule has 2 fully saturated rings. The highest BCUT2D eigenvalue weighted by atomic mass is 16.5. The van der Waals surface area contributed by atoms with Crippen molar-refractivity contribution in [2.75, 3.05) is 26.2 Å². The van der Waals surface area contributed by atoms with Gasteiger partial charge in [-0.3, -0.25) is 4.79 Å². The molecule has 2 aliphatic rings. The van der Waals surface area contributed by atoms with Crippen molar-refractivity contribution in [3.63, 3.8) is 0 Å². The van der Waals surface area contributed by atoms with Gasteiger partial charge in [-0.1, -0.05) is 0 Å². The minimum absolute atomic E-state index is 0.301. The number of hydrogen-bond donors (Lipinski definition) is 1. The molecule has 0 bridgehead atoms. The summed E-state index contributed by atoms with van der Waals surface area (Å²) in [5, 5.41) is 2.11. The van der Waals surface area contributed by atoms with E-state index in [1.54, 1.807) is 0 Å². The average Bonchev–Trinajstić information content (AvgIpc) is 2.82. The monoisotopic (exact) mass is 241 g/mol. The maximum atomic E-state index is 12.0. The quantitative estimate of drug-likeness (QED) is 0.760. The number of piperidine rings is 1. The van der Waals surface area contributed by atoms with Gasteiger partial charge in [0.05, 0.1) is 0 Å². The van der Waals surface area contributed by atoms with Gasteiger partial charge in [0.25, 0.3) is 5.91 Å². The van der Waals surface area contributed by atoms with Crippen LogP contribution in [-0.2, 0) is 9.53 Å². The molecule has 0 aromatic rings. The minimum Gasteiger partial charge on any atom is -0.372 e. The summed E-state index contributed by atoms with van der Waals surface area (Å²) in [6, 6.07) is 0.437. The van der Waals surface area contributed by atoms with Crippen molar-refractivity contribution in [3.8, 4) is 0 Å². The van der Waals surface area contributed by atoms with Gasteiger partial charge in [-0.2, -0.15) is 0 Å². The number of ether oxygens (including phenoxy) is 1. The number of nitrogens with zero attached hydrogens (tertiary/aromatic N) is 1. The van der Waals surface area contributed by atoms with E-state index in [9.17, 15) is 4.79 Å². The maximum Gasteiger partial charge on any atom is 0.277 e. The molecule has 0 aromatic carbocycles. The largest absolute Gasteiger partial charge is 0.372 e. The summed E-state index contributed by atoms with van der Waals surface area (Å²) in [4.78, 5) is 14.1. The number of carbonyl (C=O) groups excluding carboxylic acids is 1. The number of hydrogen-bond acceptors (Lipinski definition) is 2. The number of carbonyl (C=O) groups is 1. The first-order valence-corrected chi connectivity index (χ1v) is 7.00. The van der Waals surface area contributed by atoms with Crippen LogP contribution in [0.5, 0.6) is 0 Å². The van der Waals surface area contributed by atoms with Crippen LogP contribution in [0.15, 0.2) is 0 Å². The summed E-state index contributed by atoms with van der Waals surface area (Å²) in [5.74, 6) is 0.301. The van der Waals surface area contributed by atoms with Gasteiger partial charge in [-0.15, -0.1) is 0 Å². The Hall–Kier alpha value is -0.610. The predicted molar refractivity (Wildman–Crippen MR) is 65.7 cm³/mol. The number of rotatable bonds is 4. The number of amides is 1. The van der Waals surface area contributed by atoms with Crippen LogP contribution in [0.25, 0.3) is 0 Å². The summed E-state index contributed by atoms with van der Waals surface area (Å²) >= 11 is 0. The van der Waals surface area contributed by atoms with E-state index in [0.717, 1.165) is 32.5 Å². The zero-order valence-corrected chi connectivity index (χ0v) is 10.9. The Morgan fingerprint density at radius 2 is 2.24 bits per heavy atom. The van der Waals surface area contributed by atoms with Crippen LogP contribution >= 0.6 is 0 Å². The van der Waals surface area contributed by atoms with E-state index in [4.69, 9.17) is 4.74 Å². The topological polar surface area (TPSA) is 46.2 Å². The predicted octanol–water partition coefficient (Wildman–Crippen LogP) is 0.130. The summed E-state index contributed by atoms with van der Waals surface area (Å²) in [5.41, 5.74) is 0. The molecule has 2 saturated heterocycles. The molecule has 4 heteroatoms. The molecular formula is C13H25N2O2+. The van der Waals surface area contributed by atoms with Crippen molar-refractivity contribution < 1.29 is 14.8 Å². The van der Waals surface area contributed by atoms with Crippen molar-refractivity contribution in [2.45, 2.75) is 51.2 Å². The molecule has 2 heterocycles. The molecule has 2 rings (SSSR count). The SMILES string of the molecule is C[C@@H]1CCCCN1C(=O)C[NH2+]C[C@@H]1CCCO1. The molecule has 1 amide bonds. The van der Waals surface area contributed by atoms with Gasteiger partial charge in [0.1, 0.15) is 12.6 Å². The van der Waals surface area contributed by atoms with E-state index in [1.165, 1.54) is 19.3 Å². The van der Waals surface area contributed by atoms with Gasteiger partial charge in [-0.05, 0) is 39.0 Å². The molecule has 0 spiro atoms. The van der Waals surface area contributed by atoms with Crippen LogP contribution in [0.4, 0.5) is 0 Å². The van der Waals surface area contributed by atoms with E-state index >= 15 is 0 Å². The summed E-state index contributed by atoms with van der Waals surface area (Å²) in [6.07, 6.45) is 6.31. The first-order chi connectivity index (χ1) is 8.27. The molecule has 2 atom stereocenters. The Labute approximate surface area is 104 Å². The average molecular weight is 241 g/mol. The van der Waals surface area contributed by atoms with E-state index in [-0.39, 0.29) is 0 Å². The molecule has 98 valence electrons. The molecule has 0 radical (unpaired) electrons. The third-order valence-corrected chi connectivity index (χ3v) is 3.90. The van der Waals surface area contributed by atoms with Crippen LogP contribution in [0.2, 0.25) is 0 Å². The Balaban J connectivity index is 1.65. The fraction of sp³-hybridized carbons (Fsp3) is 0.923. The Morgan fingerprint density at radius 1 is 1.35 bits per heavy atom. The second-order valence-electron chi connectivity index (χ2n) is 5.30. The normalized spacial score (nSPS) is 29.6. The number of likely N-dealkylation sites (tertiary alicyclic amines) is 1. The van der Waals surface area contributed by atoms with Gasteiger partial charge in [0, 0.05) is 19.2 Å². The Morgan fingerprint density at radius 3 is 2.94 bits per heavy atom. The second-order valence-corrected chi connectivity index (χ2v) is 5.30. The van der Waals surface area contributed by atoms with Crippen LogP contribution in [0.3, 0.4) is 0 Å². The van der Waals surface area contributed by atoms with Crippen molar-refractivity contribution in [1.29, 1.82) is 0 Å². The second kappa shape index (κ2) is 6.36. The van der Waals surface area contributed by atoms with Crippen LogP contribution in [0, 0.1) is 0 Å². The van der Waals surface area contributed by atoms with Crippen LogP contribution in [0.1, 0.15) is 39.0 Å². The summed E-state index contributed by atoms with van der Waals surface area (Å²) < 4.78 is 5.55. The van der Waals surface area contributed by atoms with Crippen LogP contribution < -0.4 is 5.32 Å². The molecule has 0 aromatic heterocycles. The van der Waals surface area contributed by atoms with Gasteiger partial charge >= 0.3 is 0 Å². The zero-order valence-electron chi connectivity index (χ0n) is 10.9. The van der Waals surface area contributed by atoms with Crippen molar-refractivity contribution in [2.24, 2.45) is 0 Å². The van der Waals surface area contributed by atoms with Gasteiger partial charge in [0.2, 0.25) is 0 Å². The minimum atomic E-state index is 0.301. The number of quaternary nitrogens is 1. The zero-order chi connectivity index (χ0) is 12.1. The van der Waals surface area contributed by atoms with E-state index in [1.807, 2.05) is 0 Å². The summed E-state index contributed by atoms with van der Waals surface area (Å²) in [6.45, 7) is 5.54. The standard InChI is InChI=1S/C13H24N2O2/c1-11-5-2-3-7-15(11)13(16)10-14-9-12-6-4-8-17-12/h11-12,14H,2-10H2,1H3/p+1/t11-,12+/m1/s1. The molecule has 0 saturated carbocycles. The van der Waals surface area contributed by atoms with Crippen LogP contribution in [-0.4, -0.2) is 49.2 Å². The molecular weight excluding hydrogens is 216 g/mol. The molecule has 2 aliphatic heterocycles. The first-order valence-electron chi connectivity index (χ1n) is 7.00. The van der Waals surface area contributed by atoms with Gasteiger partial charge in [-0.25, -0.2) is 0 Å².